The van der Waals surface area contributed by atoms with E-state index >= 15 is 0 Å². The molecule has 7 nitrogen and oxygen atoms in total. The monoisotopic (exact) mass is 454 g/mol. The summed E-state index contributed by atoms with van der Waals surface area (Å²) < 4.78 is 0. The molecule has 3 aliphatic rings. The van der Waals surface area contributed by atoms with Gasteiger partial charge in [0.05, 0.1) is 23.7 Å². The summed E-state index contributed by atoms with van der Waals surface area (Å²) in [6.07, 6.45) is 1.76. The molecule has 6 rings (SSSR count). The molecule has 174 valence electrons. The molecule has 34 heavy (non-hydrogen) atoms. The largest absolute Gasteiger partial charge is 0.395 e. The molecule has 1 aromatic heterocycles. The van der Waals surface area contributed by atoms with Gasteiger partial charge in [-0.15, -0.1) is 0 Å². The Balaban J connectivity index is 1.30. The highest BCUT2D eigenvalue weighted by Gasteiger charge is 2.39. The van der Waals surface area contributed by atoms with Gasteiger partial charge in [0.1, 0.15) is 6.07 Å². The number of nitrogens with one attached hydrogen (secondary N) is 1. The summed E-state index contributed by atoms with van der Waals surface area (Å²) in [6, 6.07) is 18.2. The summed E-state index contributed by atoms with van der Waals surface area (Å²) in [5.74, 6) is 0. The van der Waals surface area contributed by atoms with Gasteiger partial charge >= 0.3 is 0 Å². The molecule has 0 aliphatic carbocycles. The summed E-state index contributed by atoms with van der Waals surface area (Å²) in [5.41, 5.74) is 6.67. The Labute approximate surface area is 200 Å². The number of aromatic nitrogens is 1. The number of hydrogen-bond donors (Lipinski definition) is 2. The van der Waals surface area contributed by atoms with Gasteiger partial charge in [-0.25, -0.2) is 0 Å². The van der Waals surface area contributed by atoms with Gasteiger partial charge in [-0.05, 0) is 54.4 Å². The molecule has 7 heteroatoms. The molecular formula is C27H30N6O. The maximum Gasteiger partial charge on any atom is 0.101 e. The smallest absolute Gasteiger partial charge is 0.101 e. The molecule has 0 radical (unpaired) electrons. The number of nitriles is 1. The average molecular weight is 455 g/mol. The van der Waals surface area contributed by atoms with Crippen molar-refractivity contribution in [3.8, 4) is 6.07 Å². The van der Waals surface area contributed by atoms with Crippen LogP contribution >= 0.6 is 0 Å². The highest BCUT2D eigenvalue weighted by molar-refractivity contribution is 5.95. The predicted octanol–water partition coefficient (Wildman–Crippen LogP) is 2.64. The van der Waals surface area contributed by atoms with Gasteiger partial charge in [-0.1, -0.05) is 6.07 Å². The van der Waals surface area contributed by atoms with E-state index in [4.69, 9.17) is 0 Å². The minimum atomic E-state index is 0.138. The second kappa shape index (κ2) is 8.55. The van der Waals surface area contributed by atoms with E-state index in [1.807, 2.05) is 12.1 Å². The first kappa shape index (κ1) is 21.4. The number of piperazine rings is 2. The van der Waals surface area contributed by atoms with Crippen molar-refractivity contribution in [1.82, 2.24) is 15.2 Å². The fraction of sp³-hybridized carbons (Fsp3) is 0.407. The number of fused-ring (bicyclic) bond motifs is 4. The molecule has 2 fully saturated rings. The molecule has 3 aromatic rings. The van der Waals surface area contributed by atoms with Crippen LogP contribution in [0, 0.1) is 11.3 Å². The van der Waals surface area contributed by atoms with E-state index in [9.17, 15) is 10.4 Å². The lowest BCUT2D eigenvalue weighted by Gasteiger charge is -2.44. The highest BCUT2D eigenvalue weighted by Crippen LogP contribution is 2.42. The van der Waals surface area contributed by atoms with Gasteiger partial charge in [0.15, 0.2) is 0 Å². The highest BCUT2D eigenvalue weighted by atomic mass is 16.3. The quantitative estimate of drug-likeness (QED) is 0.630. The van der Waals surface area contributed by atoms with E-state index in [1.165, 1.54) is 16.8 Å². The van der Waals surface area contributed by atoms with Crippen LogP contribution in [0.25, 0.3) is 10.9 Å². The Morgan fingerprint density at radius 1 is 1.15 bits per heavy atom. The van der Waals surface area contributed by atoms with Gasteiger partial charge in [0.25, 0.3) is 0 Å². The van der Waals surface area contributed by atoms with Crippen LogP contribution in [0.4, 0.5) is 11.4 Å². The SMILES string of the molecule is C[C@@H]1CN(c2ccc(C#N)c3ncccc23)C[C@@H]2c3ccc(N4CCN[C@H](CO)C4)cc3CN12. The Kier molecular flexibility index (Phi) is 5.37. The second-order valence-electron chi connectivity index (χ2n) is 9.75. The molecule has 3 aliphatic heterocycles. The molecule has 2 aromatic carbocycles. The van der Waals surface area contributed by atoms with Gasteiger partial charge < -0.3 is 20.2 Å². The lowest BCUT2D eigenvalue weighted by molar-refractivity contribution is 0.134. The molecule has 0 amide bonds. The van der Waals surface area contributed by atoms with Crippen LogP contribution in [0.1, 0.15) is 29.7 Å². The normalized spacial score (nSPS) is 24.7. The van der Waals surface area contributed by atoms with Crippen molar-refractivity contribution in [2.45, 2.75) is 31.6 Å². The minimum Gasteiger partial charge on any atom is -0.395 e. The molecule has 4 heterocycles. The van der Waals surface area contributed by atoms with Crippen LogP contribution < -0.4 is 15.1 Å². The first-order valence-electron chi connectivity index (χ1n) is 12.2. The van der Waals surface area contributed by atoms with Crippen molar-refractivity contribution in [2.24, 2.45) is 0 Å². The van der Waals surface area contributed by atoms with Crippen LogP contribution in [0.3, 0.4) is 0 Å². The second-order valence-corrected chi connectivity index (χ2v) is 9.75. The number of anilines is 2. The van der Waals surface area contributed by atoms with Gasteiger partial charge in [-0.3, -0.25) is 9.88 Å². The van der Waals surface area contributed by atoms with Crippen molar-refractivity contribution in [3.63, 3.8) is 0 Å². The van der Waals surface area contributed by atoms with Crippen LogP contribution in [-0.2, 0) is 6.54 Å². The zero-order chi connectivity index (χ0) is 23.2. The number of aliphatic hydroxyl groups excluding tert-OH is 1. The predicted molar refractivity (Wildman–Crippen MR) is 134 cm³/mol. The van der Waals surface area contributed by atoms with Gasteiger partial charge in [-0.2, -0.15) is 5.26 Å². The lowest BCUT2D eigenvalue weighted by atomic mass is 9.99. The third-order valence-corrected chi connectivity index (χ3v) is 7.73. The van der Waals surface area contributed by atoms with Crippen LogP contribution in [0.15, 0.2) is 48.7 Å². The third-order valence-electron chi connectivity index (χ3n) is 7.73. The van der Waals surface area contributed by atoms with E-state index < -0.39 is 0 Å². The lowest BCUT2D eigenvalue weighted by Crippen LogP contribution is -2.52. The summed E-state index contributed by atoms with van der Waals surface area (Å²) in [6.45, 7) is 8.04. The Bertz CT molecular complexity index is 1270. The Morgan fingerprint density at radius 2 is 2.06 bits per heavy atom. The number of hydrogen-bond acceptors (Lipinski definition) is 7. The zero-order valence-corrected chi connectivity index (χ0v) is 19.5. The molecular weight excluding hydrogens is 424 g/mol. The molecule has 2 saturated heterocycles. The molecule has 0 spiro atoms. The third kappa shape index (κ3) is 3.50. The molecule has 2 N–H and O–H groups in total. The van der Waals surface area contributed by atoms with Crippen molar-refractivity contribution in [3.05, 3.63) is 65.4 Å². The summed E-state index contributed by atoms with van der Waals surface area (Å²) in [5, 5.41) is 23.5. The first-order valence-corrected chi connectivity index (χ1v) is 12.2. The Hall–Kier alpha value is -3.18. The van der Waals surface area contributed by atoms with Gasteiger partial charge in [0.2, 0.25) is 0 Å². The summed E-state index contributed by atoms with van der Waals surface area (Å²) >= 11 is 0. The number of nitrogens with zero attached hydrogens (tertiary/aromatic N) is 5. The van der Waals surface area contributed by atoms with Crippen LogP contribution in [0.2, 0.25) is 0 Å². The number of rotatable bonds is 3. The Morgan fingerprint density at radius 3 is 2.91 bits per heavy atom. The number of aliphatic hydroxyl groups is 1. The molecule has 0 saturated carbocycles. The van der Waals surface area contributed by atoms with Crippen molar-refractivity contribution >= 4 is 22.3 Å². The number of benzene rings is 2. The van der Waals surface area contributed by atoms with E-state index in [1.54, 1.807) is 6.20 Å². The summed E-state index contributed by atoms with van der Waals surface area (Å²) in [7, 11) is 0. The van der Waals surface area contributed by atoms with E-state index in [2.05, 4.69) is 68.3 Å². The fourth-order valence-electron chi connectivity index (χ4n) is 6.01. The topological polar surface area (TPSA) is 78.7 Å². The molecule has 3 atom stereocenters. The van der Waals surface area contributed by atoms with E-state index in [-0.39, 0.29) is 12.6 Å². The van der Waals surface area contributed by atoms with Crippen LogP contribution in [-0.4, -0.2) is 66.4 Å². The molecule has 0 unspecified atom stereocenters. The van der Waals surface area contributed by atoms with E-state index in [0.717, 1.165) is 55.9 Å². The summed E-state index contributed by atoms with van der Waals surface area (Å²) in [4.78, 5) is 12.0. The van der Waals surface area contributed by atoms with Gasteiger partial charge in [0, 0.05) is 74.3 Å². The zero-order valence-electron chi connectivity index (χ0n) is 19.5. The minimum absolute atomic E-state index is 0.138. The van der Waals surface area contributed by atoms with Crippen molar-refractivity contribution in [1.29, 1.82) is 5.26 Å². The number of pyridine rings is 1. The van der Waals surface area contributed by atoms with Crippen LogP contribution in [0.5, 0.6) is 0 Å². The molecule has 0 bridgehead atoms. The maximum absolute atomic E-state index is 9.57. The average Bonchev–Trinajstić information content (AvgIpc) is 3.26. The fourth-order valence-corrected chi connectivity index (χ4v) is 6.01. The standard InChI is InChI=1S/C27H30N6O/c1-18-13-32(25-7-4-19(12-28)27-24(25)3-2-8-30-27)16-26-23-6-5-22(11-20(23)14-33(18)26)31-10-9-29-21(15-31)17-34/h2-8,11,18,21,26,29,34H,9-10,13-17H2,1H3/t18-,21+,26-/m1/s1. The maximum atomic E-state index is 9.57. The van der Waals surface area contributed by atoms with Crippen molar-refractivity contribution < 1.29 is 5.11 Å². The first-order chi connectivity index (χ1) is 16.7. The van der Waals surface area contributed by atoms with Crippen molar-refractivity contribution in [2.75, 3.05) is 49.1 Å². The van der Waals surface area contributed by atoms with E-state index in [0.29, 0.717) is 17.6 Å².